The molecule has 21 heavy (non-hydrogen) atoms. The predicted molar refractivity (Wildman–Crippen MR) is 80.0 cm³/mol. The van der Waals surface area contributed by atoms with Crippen LogP contribution in [0.5, 0.6) is 0 Å². The van der Waals surface area contributed by atoms with Crippen LogP contribution in [0, 0.1) is 31.0 Å². The van der Waals surface area contributed by atoms with E-state index >= 15 is 0 Å². The van der Waals surface area contributed by atoms with Crippen molar-refractivity contribution in [2.45, 2.75) is 19.8 Å². The van der Waals surface area contributed by atoms with Gasteiger partial charge in [-0.05, 0) is 43.2 Å². The second kappa shape index (κ2) is 6.07. The highest BCUT2D eigenvalue weighted by Crippen LogP contribution is 2.29. The molecule has 0 aliphatic carbocycles. The Morgan fingerprint density at radius 1 is 1.24 bits per heavy atom. The monoisotopic (exact) mass is 301 g/mol. The molecule has 0 N–H and O–H groups in total. The summed E-state index contributed by atoms with van der Waals surface area (Å²) in [4.78, 5) is 12.6. The van der Waals surface area contributed by atoms with Crippen molar-refractivity contribution in [1.82, 2.24) is 0 Å². The zero-order valence-electron chi connectivity index (χ0n) is 11.7. The fraction of sp³-hybridized carbons (Fsp3) is 0.176. The molecule has 2 nitrogen and oxygen atoms in total. The topological polar surface area (TPSA) is 40.9 Å². The molecule has 0 amide bonds. The minimum atomic E-state index is -1.04. The molecule has 0 aliphatic rings. The molecule has 2 aromatic carbocycles. The summed E-state index contributed by atoms with van der Waals surface area (Å²) in [6.07, 6.45) is 0. The summed E-state index contributed by atoms with van der Waals surface area (Å²) in [5.41, 5.74) is 2.54. The highest BCUT2D eigenvalue weighted by Gasteiger charge is 2.25. The van der Waals surface area contributed by atoms with Crippen molar-refractivity contribution in [3.05, 3.63) is 69.5 Å². The number of carbonyl (C=O) groups excluding carboxylic acids is 1. The molecule has 0 aliphatic heterocycles. The molecule has 4 heteroatoms. The van der Waals surface area contributed by atoms with Crippen LogP contribution in [0.3, 0.4) is 0 Å². The van der Waals surface area contributed by atoms with Gasteiger partial charge in [-0.25, -0.2) is 4.39 Å². The van der Waals surface area contributed by atoms with Gasteiger partial charge in [0.25, 0.3) is 0 Å². The summed E-state index contributed by atoms with van der Waals surface area (Å²) in [6.45, 7) is 3.69. The Kier molecular flexibility index (Phi) is 4.40. The van der Waals surface area contributed by atoms with E-state index in [-0.39, 0.29) is 10.8 Å². The molecular formula is C17H13ClFNO. The maximum Gasteiger partial charge on any atom is 0.184 e. The summed E-state index contributed by atoms with van der Waals surface area (Å²) in [5, 5.41) is 9.43. The zero-order chi connectivity index (χ0) is 15.6. The van der Waals surface area contributed by atoms with Gasteiger partial charge in [-0.3, -0.25) is 4.79 Å². The second-order valence-electron chi connectivity index (χ2n) is 4.91. The van der Waals surface area contributed by atoms with E-state index in [2.05, 4.69) is 0 Å². The molecule has 0 heterocycles. The summed E-state index contributed by atoms with van der Waals surface area (Å²) in [5.74, 6) is -1.87. The smallest absolute Gasteiger partial charge is 0.184 e. The minimum Gasteiger partial charge on any atom is -0.292 e. The van der Waals surface area contributed by atoms with Crippen molar-refractivity contribution in [1.29, 1.82) is 5.26 Å². The normalized spacial score (nSPS) is 11.8. The van der Waals surface area contributed by atoms with Gasteiger partial charge in [0, 0.05) is 10.6 Å². The SMILES string of the molecule is Cc1ccc(C)c(C(=O)C(C#N)c2ccc(F)cc2Cl)c1. The molecule has 2 rings (SSSR count). The molecule has 0 radical (unpaired) electrons. The molecule has 2 aromatic rings. The Hall–Kier alpha value is -2.18. The van der Waals surface area contributed by atoms with Gasteiger partial charge in [0.1, 0.15) is 11.7 Å². The van der Waals surface area contributed by atoms with Crippen LogP contribution >= 0.6 is 11.6 Å². The molecule has 1 unspecified atom stereocenters. The number of benzene rings is 2. The number of hydrogen-bond acceptors (Lipinski definition) is 2. The second-order valence-corrected chi connectivity index (χ2v) is 5.32. The first-order valence-electron chi connectivity index (χ1n) is 6.40. The Morgan fingerprint density at radius 3 is 2.57 bits per heavy atom. The van der Waals surface area contributed by atoms with E-state index in [0.717, 1.165) is 17.2 Å². The lowest BCUT2D eigenvalue weighted by atomic mass is 9.89. The van der Waals surface area contributed by atoms with E-state index in [0.29, 0.717) is 11.1 Å². The van der Waals surface area contributed by atoms with Crippen molar-refractivity contribution in [2.24, 2.45) is 0 Å². The van der Waals surface area contributed by atoms with Gasteiger partial charge in [0.15, 0.2) is 5.78 Å². The van der Waals surface area contributed by atoms with Crippen LogP contribution < -0.4 is 0 Å². The van der Waals surface area contributed by atoms with E-state index in [1.165, 1.54) is 12.1 Å². The van der Waals surface area contributed by atoms with E-state index in [1.54, 1.807) is 6.07 Å². The van der Waals surface area contributed by atoms with Gasteiger partial charge < -0.3 is 0 Å². The van der Waals surface area contributed by atoms with Crippen molar-refractivity contribution in [2.75, 3.05) is 0 Å². The summed E-state index contributed by atoms with van der Waals surface area (Å²) < 4.78 is 13.1. The lowest BCUT2D eigenvalue weighted by Gasteiger charge is -2.13. The zero-order valence-corrected chi connectivity index (χ0v) is 12.4. The first-order chi connectivity index (χ1) is 9.93. The lowest BCUT2D eigenvalue weighted by molar-refractivity contribution is 0.0978. The number of aryl methyl sites for hydroxylation is 2. The maximum absolute atomic E-state index is 13.1. The standard InChI is InChI=1S/C17H13ClFNO/c1-10-3-4-11(2)14(7-10)17(21)15(9-20)13-6-5-12(19)8-16(13)18/h3-8,15H,1-2H3. The van der Waals surface area contributed by atoms with Gasteiger partial charge in [-0.2, -0.15) is 5.26 Å². The Morgan fingerprint density at radius 2 is 1.95 bits per heavy atom. The van der Waals surface area contributed by atoms with Crippen molar-refractivity contribution >= 4 is 17.4 Å². The van der Waals surface area contributed by atoms with E-state index in [4.69, 9.17) is 11.6 Å². The van der Waals surface area contributed by atoms with Gasteiger partial charge in [0.2, 0.25) is 0 Å². The van der Waals surface area contributed by atoms with Crippen LogP contribution in [0.25, 0.3) is 0 Å². The van der Waals surface area contributed by atoms with Crippen molar-refractivity contribution in [3.63, 3.8) is 0 Å². The predicted octanol–water partition coefficient (Wildman–Crippen LogP) is 4.59. The number of halogens is 2. The van der Waals surface area contributed by atoms with Crippen molar-refractivity contribution < 1.29 is 9.18 Å². The third-order valence-electron chi connectivity index (χ3n) is 3.32. The number of Topliss-reactive ketones (excluding diaryl/α,β-unsaturated/α-hetero) is 1. The summed E-state index contributed by atoms with van der Waals surface area (Å²) >= 11 is 5.96. The number of nitriles is 1. The highest BCUT2D eigenvalue weighted by atomic mass is 35.5. The van der Waals surface area contributed by atoms with E-state index in [9.17, 15) is 14.4 Å². The largest absolute Gasteiger partial charge is 0.292 e. The Balaban J connectivity index is 2.49. The quantitative estimate of drug-likeness (QED) is 0.778. The van der Waals surface area contributed by atoms with Crippen LogP contribution in [-0.4, -0.2) is 5.78 Å². The number of nitrogens with zero attached hydrogens (tertiary/aromatic N) is 1. The number of ketones is 1. The molecule has 0 spiro atoms. The number of hydrogen-bond donors (Lipinski definition) is 0. The molecule has 0 saturated heterocycles. The molecule has 0 aromatic heterocycles. The van der Waals surface area contributed by atoms with Crippen LogP contribution in [0.2, 0.25) is 5.02 Å². The third-order valence-corrected chi connectivity index (χ3v) is 3.65. The van der Waals surface area contributed by atoms with Gasteiger partial charge in [0.05, 0.1) is 6.07 Å². The van der Waals surface area contributed by atoms with Gasteiger partial charge in [-0.15, -0.1) is 0 Å². The average Bonchev–Trinajstić information content (AvgIpc) is 2.44. The summed E-state index contributed by atoms with van der Waals surface area (Å²) in [7, 11) is 0. The summed E-state index contributed by atoms with van der Waals surface area (Å²) in [6, 6.07) is 11.1. The van der Waals surface area contributed by atoms with E-state index in [1.807, 2.05) is 32.0 Å². The van der Waals surface area contributed by atoms with Crippen LogP contribution in [0.15, 0.2) is 36.4 Å². The van der Waals surface area contributed by atoms with Gasteiger partial charge >= 0.3 is 0 Å². The van der Waals surface area contributed by atoms with Crippen LogP contribution in [0.1, 0.15) is 33.0 Å². The molecular weight excluding hydrogens is 289 g/mol. The fourth-order valence-electron chi connectivity index (χ4n) is 2.16. The number of carbonyl (C=O) groups is 1. The minimum absolute atomic E-state index is 0.0835. The Labute approximate surface area is 127 Å². The highest BCUT2D eigenvalue weighted by molar-refractivity contribution is 6.31. The van der Waals surface area contributed by atoms with Crippen molar-refractivity contribution in [3.8, 4) is 6.07 Å². The molecule has 0 fully saturated rings. The Bertz CT molecular complexity index is 749. The van der Waals surface area contributed by atoms with Crippen LogP contribution in [-0.2, 0) is 0 Å². The van der Waals surface area contributed by atoms with Crippen LogP contribution in [0.4, 0.5) is 4.39 Å². The van der Waals surface area contributed by atoms with E-state index < -0.39 is 11.7 Å². The third kappa shape index (κ3) is 3.12. The fourth-order valence-corrected chi connectivity index (χ4v) is 2.44. The molecule has 106 valence electrons. The first-order valence-corrected chi connectivity index (χ1v) is 6.78. The maximum atomic E-state index is 13.1. The molecule has 0 bridgehead atoms. The van der Waals surface area contributed by atoms with Gasteiger partial charge in [-0.1, -0.05) is 35.4 Å². The first kappa shape index (κ1) is 15.2. The number of rotatable bonds is 3. The average molecular weight is 302 g/mol. The molecule has 1 atom stereocenters. The lowest BCUT2D eigenvalue weighted by Crippen LogP contribution is -2.13. The molecule has 0 saturated carbocycles.